The van der Waals surface area contributed by atoms with Crippen LogP contribution in [-0.4, -0.2) is 0 Å². The van der Waals surface area contributed by atoms with E-state index in [9.17, 15) is 14.4 Å². The molecule has 0 aromatic heterocycles. The van der Waals surface area contributed by atoms with Crippen LogP contribution in [0, 0.1) is 0 Å². The predicted octanol–water partition coefficient (Wildman–Crippen LogP) is -0.0119. The zero-order chi connectivity index (χ0) is 8.48. The van der Waals surface area contributed by atoms with E-state index in [0.29, 0.717) is 4.47 Å². The summed E-state index contributed by atoms with van der Waals surface area (Å²) in [5.41, 5.74) is 0. The molecule has 0 saturated carbocycles. The standard InChI is InChI=1S/C6H6BrO3P/c7-5-3-1-2-4-6(5)11(8,9)10/h1-4H,(H2,8,9,10)/p-2. The molecule has 0 bridgehead atoms. The van der Waals surface area contributed by atoms with Gasteiger partial charge in [-0.25, -0.2) is 0 Å². The SMILES string of the molecule is O=P([O-])([O-])c1ccccc1Br. The van der Waals surface area contributed by atoms with Gasteiger partial charge >= 0.3 is 0 Å². The second-order valence-electron chi connectivity index (χ2n) is 1.95. The molecule has 0 radical (unpaired) electrons. The van der Waals surface area contributed by atoms with Gasteiger partial charge < -0.3 is 14.4 Å². The van der Waals surface area contributed by atoms with Gasteiger partial charge in [-0.1, -0.05) is 34.1 Å². The molecule has 0 amide bonds. The maximum Gasteiger partial charge on any atom is 0.0259 e. The van der Waals surface area contributed by atoms with Crippen molar-refractivity contribution in [3.05, 3.63) is 28.7 Å². The first kappa shape index (κ1) is 8.94. The van der Waals surface area contributed by atoms with Crippen LogP contribution in [0.2, 0.25) is 0 Å². The molecule has 0 unspecified atom stereocenters. The molecular formula is C6H4BrO3P-2. The summed E-state index contributed by atoms with van der Waals surface area (Å²) in [4.78, 5) is 21.0. The van der Waals surface area contributed by atoms with Crippen molar-refractivity contribution in [2.45, 2.75) is 0 Å². The smallest absolute Gasteiger partial charge is 0.0259 e. The number of hydrogen-bond donors (Lipinski definition) is 0. The van der Waals surface area contributed by atoms with Gasteiger partial charge in [0, 0.05) is 4.47 Å². The first-order valence-electron chi connectivity index (χ1n) is 2.79. The van der Waals surface area contributed by atoms with Crippen molar-refractivity contribution in [2.75, 3.05) is 0 Å². The lowest BCUT2D eigenvalue weighted by molar-refractivity contribution is -0.308. The Morgan fingerprint density at radius 1 is 1.27 bits per heavy atom. The van der Waals surface area contributed by atoms with Crippen molar-refractivity contribution in [3.8, 4) is 0 Å². The van der Waals surface area contributed by atoms with Crippen LogP contribution < -0.4 is 15.1 Å². The summed E-state index contributed by atoms with van der Waals surface area (Å²) in [7, 11) is -4.60. The van der Waals surface area contributed by atoms with Crippen LogP contribution in [0.3, 0.4) is 0 Å². The van der Waals surface area contributed by atoms with E-state index in [2.05, 4.69) is 15.9 Å². The summed E-state index contributed by atoms with van der Waals surface area (Å²) in [6.07, 6.45) is 0. The Balaban J connectivity index is 3.25. The van der Waals surface area contributed by atoms with Crippen molar-refractivity contribution >= 4 is 28.8 Å². The maximum atomic E-state index is 10.5. The minimum Gasteiger partial charge on any atom is -0.807 e. The first-order valence-corrected chi connectivity index (χ1v) is 5.12. The second-order valence-corrected chi connectivity index (χ2v) is 4.28. The van der Waals surface area contributed by atoms with E-state index in [1.165, 1.54) is 18.2 Å². The maximum absolute atomic E-state index is 10.5. The molecule has 1 rings (SSSR count). The van der Waals surface area contributed by atoms with E-state index in [4.69, 9.17) is 0 Å². The molecule has 0 fully saturated rings. The van der Waals surface area contributed by atoms with E-state index in [1.54, 1.807) is 6.07 Å². The highest BCUT2D eigenvalue weighted by atomic mass is 79.9. The molecule has 0 atom stereocenters. The fourth-order valence-corrected chi connectivity index (χ4v) is 2.21. The van der Waals surface area contributed by atoms with E-state index < -0.39 is 7.60 Å². The zero-order valence-electron chi connectivity index (χ0n) is 5.36. The molecule has 0 aliphatic heterocycles. The normalized spacial score (nSPS) is 11.5. The average Bonchev–Trinajstić information content (AvgIpc) is 1.86. The van der Waals surface area contributed by atoms with Gasteiger partial charge in [0.05, 0.1) is 0 Å². The molecule has 5 heteroatoms. The van der Waals surface area contributed by atoms with Crippen molar-refractivity contribution in [2.24, 2.45) is 0 Å². The molecule has 1 aromatic carbocycles. The van der Waals surface area contributed by atoms with Crippen LogP contribution >= 0.6 is 23.5 Å². The molecule has 3 nitrogen and oxygen atoms in total. The van der Waals surface area contributed by atoms with E-state index >= 15 is 0 Å². The Hall–Kier alpha value is -0.150. The van der Waals surface area contributed by atoms with Crippen molar-refractivity contribution < 1.29 is 14.4 Å². The third kappa shape index (κ3) is 2.14. The summed E-state index contributed by atoms with van der Waals surface area (Å²) < 4.78 is 10.8. The van der Waals surface area contributed by atoms with Crippen molar-refractivity contribution in [1.29, 1.82) is 0 Å². The summed E-state index contributed by atoms with van der Waals surface area (Å²) in [5, 5.41) is -0.194. The quantitative estimate of drug-likeness (QED) is 0.643. The highest BCUT2D eigenvalue weighted by Gasteiger charge is 2.00. The van der Waals surface area contributed by atoms with Crippen LogP contribution in [-0.2, 0) is 4.57 Å². The third-order valence-electron chi connectivity index (χ3n) is 1.15. The number of rotatable bonds is 1. The van der Waals surface area contributed by atoms with Gasteiger partial charge in [0.25, 0.3) is 0 Å². The van der Waals surface area contributed by atoms with Crippen LogP contribution in [0.4, 0.5) is 0 Å². The number of hydrogen-bond acceptors (Lipinski definition) is 3. The van der Waals surface area contributed by atoms with Gasteiger partial charge in [0.1, 0.15) is 0 Å². The molecule has 0 aliphatic carbocycles. The monoisotopic (exact) mass is 234 g/mol. The summed E-state index contributed by atoms with van der Waals surface area (Å²) >= 11 is 2.96. The van der Waals surface area contributed by atoms with Gasteiger partial charge in [0.2, 0.25) is 0 Å². The Morgan fingerprint density at radius 2 is 1.82 bits per heavy atom. The third-order valence-corrected chi connectivity index (χ3v) is 3.13. The summed E-state index contributed by atoms with van der Waals surface area (Å²) in [6.45, 7) is 0. The Kier molecular flexibility index (Phi) is 2.50. The van der Waals surface area contributed by atoms with Gasteiger partial charge in [-0.2, -0.15) is 0 Å². The summed E-state index contributed by atoms with van der Waals surface area (Å²) in [6, 6.07) is 5.93. The zero-order valence-corrected chi connectivity index (χ0v) is 7.84. The van der Waals surface area contributed by atoms with Crippen LogP contribution in [0.25, 0.3) is 0 Å². The predicted molar refractivity (Wildman–Crippen MR) is 41.4 cm³/mol. The molecule has 60 valence electrons. The second kappa shape index (κ2) is 3.07. The van der Waals surface area contributed by atoms with E-state index in [0.717, 1.165) is 0 Å². The summed E-state index contributed by atoms with van der Waals surface area (Å²) in [5.74, 6) is 0. The first-order chi connectivity index (χ1) is 5.02. The van der Waals surface area contributed by atoms with Crippen LogP contribution in [0.5, 0.6) is 0 Å². The van der Waals surface area contributed by atoms with Crippen LogP contribution in [0.15, 0.2) is 28.7 Å². The lowest BCUT2D eigenvalue weighted by Gasteiger charge is -2.30. The molecule has 1 aromatic rings. The number of benzene rings is 1. The lowest BCUT2D eigenvalue weighted by atomic mass is 10.4. The van der Waals surface area contributed by atoms with E-state index in [1.807, 2.05) is 0 Å². The Labute approximate surface area is 72.4 Å². The van der Waals surface area contributed by atoms with Crippen molar-refractivity contribution in [3.63, 3.8) is 0 Å². The van der Waals surface area contributed by atoms with Gasteiger partial charge in [-0.3, -0.25) is 0 Å². The van der Waals surface area contributed by atoms with Gasteiger partial charge in [0.15, 0.2) is 0 Å². The Bertz CT molecular complexity index is 306. The topological polar surface area (TPSA) is 63.2 Å². The molecule has 0 saturated heterocycles. The molecule has 11 heavy (non-hydrogen) atoms. The average molecular weight is 235 g/mol. The fourth-order valence-electron chi connectivity index (χ4n) is 0.674. The largest absolute Gasteiger partial charge is 0.807 e. The number of halogens is 1. The van der Waals surface area contributed by atoms with E-state index in [-0.39, 0.29) is 5.30 Å². The molecular weight excluding hydrogens is 231 g/mol. The van der Waals surface area contributed by atoms with Crippen molar-refractivity contribution in [1.82, 2.24) is 0 Å². The lowest BCUT2D eigenvalue weighted by Crippen LogP contribution is -2.25. The minimum absolute atomic E-state index is 0.194. The van der Waals surface area contributed by atoms with Gasteiger partial charge in [-0.05, 0) is 19.0 Å². The fraction of sp³-hybridized carbons (Fsp3) is 0. The molecule has 0 heterocycles. The molecule has 0 spiro atoms. The molecule has 0 aliphatic rings. The minimum atomic E-state index is -4.60. The Morgan fingerprint density at radius 3 is 2.18 bits per heavy atom. The van der Waals surface area contributed by atoms with Crippen LogP contribution in [0.1, 0.15) is 0 Å². The molecule has 0 N–H and O–H groups in total. The highest BCUT2D eigenvalue weighted by Crippen LogP contribution is 2.26. The highest BCUT2D eigenvalue weighted by molar-refractivity contribution is 9.10. The van der Waals surface area contributed by atoms with Gasteiger partial charge in [-0.15, -0.1) is 0 Å².